The molecule has 0 unspecified atom stereocenters. The highest BCUT2D eigenvalue weighted by Crippen LogP contribution is 2.31. The second-order valence-corrected chi connectivity index (χ2v) is 9.43. The van der Waals surface area contributed by atoms with Crippen LogP contribution in [-0.4, -0.2) is 19.0 Å². The second-order valence-electron chi connectivity index (χ2n) is 8.99. The molecule has 0 amide bonds. The second kappa shape index (κ2) is 9.74. The van der Waals surface area contributed by atoms with Crippen LogP contribution >= 0.6 is 11.6 Å². The molecule has 0 aliphatic carbocycles. The van der Waals surface area contributed by atoms with Crippen molar-refractivity contribution in [1.82, 2.24) is 0 Å². The predicted molar refractivity (Wildman–Crippen MR) is 135 cm³/mol. The molecule has 3 aromatic rings. The number of benzene rings is 3. The molecule has 0 N–H and O–H groups in total. The standard InChI is InChI=1S/C28H26ClNO4/c1-28(2,3)21-10-8-20(9-11-21)26-30-23(27(31)34-26)15-19-7-14-24(25(16-19)32-4)33-17-18-5-12-22(29)13-6-18/h5-16H,17H2,1-4H3/b23-15+. The van der Waals surface area contributed by atoms with Crippen molar-refractivity contribution < 1.29 is 19.0 Å². The van der Waals surface area contributed by atoms with Crippen LogP contribution in [0.3, 0.4) is 0 Å². The number of cyclic esters (lactones) is 1. The first-order valence-corrected chi connectivity index (χ1v) is 11.3. The fourth-order valence-electron chi connectivity index (χ4n) is 3.44. The van der Waals surface area contributed by atoms with Crippen LogP contribution in [0.4, 0.5) is 0 Å². The van der Waals surface area contributed by atoms with Crippen molar-refractivity contribution in [3.63, 3.8) is 0 Å². The summed E-state index contributed by atoms with van der Waals surface area (Å²) in [6, 6.07) is 20.8. The lowest BCUT2D eigenvalue weighted by atomic mass is 9.87. The van der Waals surface area contributed by atoms with Crippen molar-refractivity contribution >= 4 is 29.5 Å². The number of methoxy groups -OCH3 is 1. The molecule has 174 valence electrons. The molecule has 0 bridgehead atoms. The molecule has 0 spiro atoms. The van der Waals surface area contributed by atoms with E-state index in [0.717, 1.165) is 16.7 Å². The highest BCUT2D eigenvalue weighted by molar-refractivity contribution is 6.30. The lowest BCUT2D eigenvalue weighted by Gasteiger charge is -2.18. The van der Waals surface area contributed by atoms with E-state index in [-0.39, 0.29) is 11.1 Å². The van der Waals surface area contributed by atoms with Gasteiger partial charge in [-0.05, 0) is 64.6 Å². The zero-order valence-electron chi connectivity index (χ0n) is 19.6. The summed E-state index contributed by atoms with van der Waals surface area (Å²) in [4.78, 5) is 16.8. The molecule has 34 heavy (non-hydrogen) atoms. The molecular weight excluding hydrogens is 450 g/mol. The number of hydrogen-bond acceptors (Lipinski definition) is 5. The molecule has 0 radical (unpaired) electrons. The molecule has 4 rings (SSSR count). The van der Waals surface area contributed by atoms with Gasteiger partial charge in [0.05, 0.1) is 7.11 Å². The van der Waals surface area contributed by atoms with Crippen LogP contribution in [-0.2, 0) is 21.6 Å². The minimum atomic E-state index is -0.489. The molecule has 5 nitrogen and oxygen atoms in total. The van der Waals surface area contributed by atoms with Gasteiger partial charge in [-0.15, -0.1) is 0 Å². The monoisotopic (exact) mass is 475 g/mol. The summed E-state index contributed by atoms with van der Waals surface area (Å²) in [5.41, 5.74) is 3.96. The average Bonchev–Trinajstić information content (AvgIpc) is 3.18. The largest absolute Gasteiger partial charge is 0.493 e. The number of carbonyl (C=O) groups excluding carboxylic acids is 1. The number of aliphatic imine (C=N–C) groups is 1. The van der Waals surface area contributed by atoms with Crippen molar-refractivity contribution in [3.05, 3.63) is 99.7 Å². The number of nitrogens with zero attached hydrogens (tertiary/aromatic N) is 1. The van der Waals surface area contributed by atoms with Crippen molar-refractivity contribution in [2.45, 2.75) is 32.8 Å². The number of esters is 1. The van der Waals surface area contributed by atoms with Gasteiger partial charge in [0.25, 0.3) is 0 Å². The highest BCUT2D eigenvalue weighted by atomic mass is 35.5. The quantitative estimate of drug-likeness (QED) is 0.299. The molecule has 1 aliphatic heterocycles. The van der Waals surface area contributed by atoms with E-state index in [0.29, 0.717) is 29.0 Å². The zero-order chi connectivity index (χ0) is 24.3. The van der Waals surface area contributed by atoms with E-state index in [1.165, 1.54) is 5.56 Å². The number of hydrogen-bond donors (Lipinski definition) is 0. The van der Waals surface area contributed by atoms with Gasteiger partial charge in [0.2, 0.25) is 5.90 Å². The zero-order valence-corrected chi connectivity index (χ0v) is 20.3. The Hall–Kier alpha value is -3.57. The molecule has 0 saturated heterocycles. The van der Waals surface area contributed by atoms with E-state index in [2.05, 4.69) is 25.8 Å². The lowest BCUT2D eigenvalue weighted by Crippen LogP contribution is -2.11. The molecule has 0 saturated carbocycles. The Morgan fingerprint density at radius 1 is 0.971 bits per heavy atom. The first-order chi connectivity index (χ1) is 16.2. The Kier molecular flexibility index (Phi) is 6.75. The first kappa shape index (κ1) is 23.6. The third kappa shape index (κ3) is 5.49. The topological polar surface area (TPSA) is 57.1 Å². The molecule has 0 fully saturated rings. The van der Waals surface area contributed by atoms with E-state index in [1.54, 1.807) is 25.3 Å². The number of rotatable bonds is 6. The molecule has 0 atom stereocenters. The first-order valence-electron chi connectivity index (χ1n) is 10.9. The van der Waals surface area contributed by atoms with Crippen molar-refractivity contribution in [3.8, 4) is 11.5 Å². The van der Waals surface area contributed by atoms with Crippen LogP contribution in [0.5, 0.6) is 11.5 Å². The molecule has 0 aromatic heterocycles. The van der Waals surface area contributed by atoms with Gasteiger partial charge in [-0.25, -0.2) is 9.79 Å². The van der Waals surface area contributed by atoms with Gasteiger partial charge < -0.3 is 14.2 Å². The van der Waals surface area contributed by atoms with Crippen molar-refractivity contribution in [1.29, 1.82) is 0 Å². The molecule has 1 heterocycles. The van der Waals surface area contributed by atoms with Crippen LogP contribution in [0, 0.1) is 0 Å². The Labute approximate surface area is 204 Å². The van der Waals surface area contributed by atoms with Gasteiger partial charge in [0, 0.05) is 10.6 Å². The summed E-state index contributed by atoms with van der Waals surface area (Å²) in [6.07, 6.45) is 1.67. The molecular formula is C28H26ClNO4. The minimum absolute atomic E-state index is 0.0432. The summed E-state index contributed by atoms with van der Waals surface area (Å²) in [5, 5.41) is 0.678. The number of halogens is 1. The summed E-state index contributed by atoms with van der Waals surface area (Å²) in [5.74, 6) is 0.955. The van der Waals surface area contributed by atoms with E-state index in [9.17, 15) is 4.79 Å². The summed E-state index contributed by atoms with van der Waals surface area (Å²) >= 11 is 5.93. The number of ether oxygens (including phenoxy) is 3. The third-order valence-electron chi connectivity index (χ3n) is 5.42. The van der Waals surface area contributed by atoms with Gasteiger partial charge in [-0.3, -0.25) is 0 Å². The summed E-state index contributed by atoms with van der Waals surface area (Å²) in [7, 11) is 1.57. The Balaban J connectivity index is 1.51. The Bertz CT molecular complexity index is 1250. The lowest BCUT2D eigenvalue weighted by molar-refractivity contribution is -0.129. The molecule has 6 heteroatoms. The Morgan fingerprint density at radius 3 is 2.32 bits per heavy atom. The number of carbonyl (C=O) groups is 1. The van der Waals surface area contributed by atoms with Crippen LogP contribution in [0.25, 0.3) is 6.08 Å². The summed E-state index contributed by atoms with van der Waals surface area (Å²) < 4.78 is 16.8. The maximum absolute atomic E-state index is 12.4. The third-order valence-corrected chi connectivity index (χ3v) is 5.67. The van der Waals surface area contributed by atoms with E-state index >= 15 is 0 Å². The van der Waals surface area contributed by atoms with Gasteiger partial charge in [-0.2, -0.15) is 0 Å². The van der Waals surface area contributed by atoms with Gasteiger partial charge in [0.1, 0.15) is 6.61 Å². The van der Waals surface area contributed by atoms with E-state index < -0.39 is 5.97 Å². The fraction of sp³-hybridized carbons (Fsp3) is 0.214. The maximum Gasteiger partial charge on any atom is 0.363 e. The van der Waals surface area contributed by atoms with Gasteiger partial charge in [0.15, 0.2) is 17.2 Å². The van der Waals surface area contributed by atoms with Crippen LogP contribution in [0.1, 0.15) is 43.0 Å². The maximum atomic E-state index is 12.4. The smallest absolute Gasteiger partial charge is 0.363 e. The van der Waals surface area contributed by atoms with Gasteiger partial charge >= 0.3 is 5.97 Å². The fourth-order valence-corrected chi connectivity index (χ4v) is 3.56. The molecule has 3 aromatic carbocycles. The van der Waals surface area contributed by atoms with Gasteiger partial charge in [-0.1, -0.05) is 62.7 Å². The molecule has 1 aliphatic rings. The minimum Gasteiger partial charge on any atom is -0.493 e. The van der Waals surface area contributed by atoms with E-state index in [4.69, 9.17) is 25.8 Å². The van der Waals surface area contributed by atoms with Crippen molar-refractivity contribution in [2.24, 2.45) is 4.99 Å². The summed E-state index contributed by atoms with van der Waals surface area (Å²) in [6.45, 7) is 6.83. The average molecular weight is 476 g/mol. The van der Waals surface area contributed by atoms with Crippen molar-refractivity contribution in [2.75, 3.05) is 7.11 Å². The van der Waals surface area contributed by atoms with Crippen LogP contribution in [0.2, 0.25) is 5.02 Å². The SMILES string of the molecule is COc1cc(/C=C2/N=C(c3ccc(C(C)(C)C)cc3)OC2=O)ccc1OCc1ccc(Cl)cc1. The highest BCUT2D eigenvalue weighted by Gasteiger charge is 2.25. The van der Waals surface area contributed by atoms with Crippen LogP contribution in [0.15, 0.2) is 77.4 Å². The normalized spacial score (nSPS) is 14.7. The van der Waals surface area contributed by atoms with E-state index in [1.807, 2.05) is 54.6 Å². The Morgan fingerprint density at radius 2 is 1.68 bits per heavy atom. The van der Waals surface area contributed by atoms with Crippen LogP contribution < -0.4 is 9.47 Å². The predicted octanol–water partition coefficient (Wildman–Crippen LogP) is 6.57.